The van der Waals surface area contributed by atoms with Crippen molar-refractivity contribution in [3.8, 4) is 0 Å². The van der Waals surface area contributed by atoms with Gasteiger partial charge in [0.1, 0.15) is 6.10 Å². The number of hydrogen-bond donors (Lipinski definition) is 1. The van der Waals surface area contributed by atoms with Gasteiger partial charge in [0, 0.05) is 46.0 Å². The standard InChI is InChI=1S/C34H54NO5.V.H2/c1-24(2)7-5-8-25(3)31-13-14-32-30-11-9-26-23-27(10-12-28(26)29(30)15-16-34(31,32)4)40-33(37)35-17-20-39-22-21-38-19-6-18-36;;/h9,12,24-25,27,29-32H,5-8,10-11,13-17,19-23H2,1-4H3,(H,35,37);;1H/q-1;;/t25-,27+,29-,30-,31-,32+,34-;;/m1../s1. The summed E-state index contributed by atoms with van der Waals surface area (Å²) in [5.41, 5.74) is 3.52. The van der Waals surface area contributed by atoms with Gasteiger partial charge in [0.05, 0.1) is 19.8 Å². The first-order valence-corrected chi connectivity index (χ1v) is 16.2. The Morgan fingerprint density at radius 3 is 2.61 bits per heavy atom. The van der Waals surface area contributed by atoms with Crippen LogP contribution in [0, 0.1) is 40.9 Å². The normalized spacial score (nSPS) is 31.1. The summed E-state index contributed by atoms with van der Waals surface area (Å²) in [5.74, 6) is 4.88. The van der Waals surface area contributed by atoms with Crippen molar-refractivity contribution in [2.45, 2.75) is 104 Å². The van der Waals surface area contributed by atoms with Crippen LogP contribution in [0.15, 0.2) is 23.3 Å². The van der Waals surface area contributed by atoms with Crippen LogP contribution < -0.4 is 5.32 Å². The van der Waals surface area contributed by atoms with Gasteiger partial charge in [-0.05, 0) is 84.2 Å². The first-order valence-electron chi connectivity index (χ1n) is 16.2. The predicted octanol–water partition coefficient (Wildman–Crippen LogP) is 7.43. The van der Waals surface area contributed by atoms with Gasteiger partial charge in [-0.1, -0.05) is 59.1 Å². The van der Waals surface area contributed by atoms with E-state index < -0.39 is 0 Å². The van der Waals surface area contributed by atoms with Crippen LogP contribution in [0.2, 0.25) is 0 Å². The van der Waals surface area contributed by atoms with E-state index in [2.05, 4.69) is 45.2 Å². The van der Waals surface area contributed by atoms with Gasteiger partial charge in [-0.3, -0.25) is 6.29 Å². The van der Waals surface area contributed by atoms with Crippen LogP contribution in [0.5, 0.6) is 0 Å². The summed E-state index contributed by atoms with van der Waals surface area (Å²) in [6.07, 6.45) is 19.0. The molecule has 2 fully saturated rings. The number of rotatable bonds is 15. The molecule has 4 aliphatic carbocycles. The van der Waals surface area contributed by atoms with Gasteiger partial charge in [0.25, 0.3) is 0 Å². The third-order valence-corrected chi connectivity index (χ3v) is 10.6. The van der Waals surface area contributed by atoms with Crippen molar-refractivity contribution < 1.29 is 43.8 Å². The summed E-state index contributed by atoms with van der Waals surface area (Å²) in [5, 5.41) is 2.80. The van der Waals surface area contributed by atoms with Gasteiger partial charge in [-0.15, -0.1) is 6.42 Å². The van der Waals surface area contributed by atoms with Crippen molar-refractivity contribution in [2.75, 3.05) is 33.0 Å². The first-order chi connectivity index (χ1) is 19.3. The summed E-state index contributed by atoms with van der Waals surface area (Å²) < 4.78 is 16.4. The van der Waals surface area contributed by atoms with E-state index in [0.717, 1.165) is 42.4 Å². The van der Waals surface area contributed by atoms with Gasteiger partial charge in [0.15, 0.2) is 0 Å². The molecule has 4 rings (SSSR count). The molecule has 4 aliphatic rings. The van der Waals surface area contributed by atoms with Crippen molar-refractivity contribution in [1.29, 1.82) is 0 Å². The van der Waals surface area contributed by atoms with Crippen LogP contribution >= 0.6 is 0 Å². The van der Waals surface area contributed by atoms with Crippen LogP contribution in [0.1, 0.15) is 99.8 Å². The van der Waals surface area contributed by atoms with Gasteiger partial charge in [-0.25, -0.2) is 4.79 Å². The number of nitrogens with one attached hydrogen (secondary N) is 1. The van der Waals surface area contributed by atoms with Crippen molar-refractivity contribution in [3.05, 3.63) is 23.3 Å². The van der Waals surface area contributed by atoms with Crippen molar-refractivity contribution in [2.24, 2.45) is 40.9 Å². The first kappa shape index (κ1) is 34.4. The summed E-state index contributed by atoms with van der Waals surface area (Å²) in [6, 6.07) is 0. The van der Waals surface area contributed by atoms with E-state index in [0.29, 0.717) is 44.3 Å². The molecule has 1 radical (unpaired) electrons. The monoisotopic (exact) mass is 609 g/mol. The average molecular weight is 610 g/mol. The number of hydrogen-bond acceptors (Lipinski definition) is 5. The maximum absolute atomic E-state index is 12.4. The van der Waals surface area contributed by atoms with Crippen LogP contribution in [-0.4, -0.2) is 51.5 Å². The number of carbonyl (C=O) groups is 1. The fourth-order valence-electron chi connectivity index (χ4n) is 8.68. The smallest absolute Gasteiger partial charge is 0.407 e. The molecule has 0 heterocycles. The maximum atomic E-state index is 12.4. The molecule has 233 valence electrons. The van der Waals surface area contributed by atoms with E-state index in [4.69, 9.17) is 14.2 Å². The third kappa shape index (κ3) is 8.97. The van der Waals surface area contributed by atoms with Gasteiger partial charge in [0.2, 0.25) is 0 Å². The molecule has 0 aliphatic heterocycles. The fourth-order valence-corrected chi connectivity index (χ4v) is 8.68. The van der Waals surface area contributed by atoms with Crippen molar-refractivity contribution in [3.63, 3.8) is 0 Å². The molecule has 0 aromatic heterocycles. The third-order valence-electron chi connectivity index (χ3n) is 10.6. The maximum Gasteiger partial charge on any atom is 0.407 e. The number of fused-ring (bicyclic) bond motifs is 5. The fraction of sp³-hybridized carbons (Fsp3) is 0.824. The predicted molar refractivity (Wildman–Crippen MR) is 161 cm³/mol. The quantitative estimate of drug-likeness (QED) is 0.154. The van der Waals surface area contributed by atoms with Gasteiger partial charge >= 0.3 is 6.09 Å². The molecule has 0 saturated heterocycles. The molecule has 0 aromatic carbocycles. The molecule has 6 nitrogen and oxygen atoms in total. The van der Waals surface area contributed by atoms with Crippen LogP contribution in [0.25, 0.3) is 0 Å². The van der Waals surface area contributed by atoms with Crippen molar-refractivity contribution >= 4 is 12.4 Å². The number of carbonyl (C=O) groups excluding carboxylic acids is 2. The van der Waals surface area contributed by atoms with Crippen LogP contribution in [0.3, 0.4) is 0 Å². The SMILES string of the molecule is CC(C)CCC[C@@H](C)[C@H]1CC[C@H]2[C@@H]3CC=C4C[C@@H](OC(=O)NCCOCCOCC[C-]=O)CC=C4[C@H]3CC[C@]12C.[HH].[V]. The Kier molecular flexibility index (Phi) is 14.0. The van der Waals surface area contributed by atoms with E-state index in [1.165, 1.54) is 56.9 Å². The molecule has 7 heteroatoms. The summed E-state index contributed by atoms with van der Waals surface area (Å²) in [7, 11) is 0. The topological polar surface area (TPSA) is 73.9 Å². The second kappa shape index (κ2) is 16.7. The van der Waals surface area contributed by atoms with Gasteiger partial charge < -0.3 is 24.3 Å². The van der Waals surface area contributed by atoms with E-state index >= 15 is 0 Å². The summed E-state index contributed by atoms with van der Waals surface area (Å²) in [6.45, 7) is 11.9. The molecular formula is C34H56NO5V-. The molecule has 0 unspecified atom stereocenters. The van der Waals surface area contributed by atoms with Crippen molar-refractivity contribution in [1.82, 2.24) is 5.32 Å². The number of allylic oxidation sites excluding steroid dienone is 2. The largest absolute Gasteiger partial charge is 0.542 e. The Bertz CT molecular complexity index is 910. The molecule has 0 spiro atoms. The molecule has 0 bridgehead atoms. The van der Waals surface area contributed by atoms with Gasteiger partial charge in [-0.2, -0.15) is 0 Å². The summed E-state index contributed by atoms with van der Waals surface area (Å²) >= 11 is 0. The Labute approximate surface area is 262 Å². The molecule has 41 heavy (non-hydrogen) atoms. The minimum Gasteiger partial charge on any atom is -0.542 e. The van der Waals surface area contributed by atoms with Crippen LogP contribution in [-0.2, 0) is 37.6 Å². The Balaban J connectivity index is 0.00000308. The molecule has 1 amide bonds. The number of amides is 1. The zero-order chi connectivity index (χ0) is 28.5. The number of alkyl carbamates (subject to hydrolysis) is 1. The molecular weight excluding hydrogens is 553 g/mol. The Morgan fingerprint density at radius 1 is 1.07 bits per heavy atom. The molecule has 2 saturated carbocycles. The van der Waals surface area contributed by atoms with E-state index in [-0.39, 0.29) is 38.6 Å². The molecule has 7 atom stereocenters. The van der Waals surface area contributed by atoms with E-state index in [1.807, 2.05) is 0 Å². The Hall–Kier alpha value is -1.08. The van der Waals surface area contributed by atoms with E-state index in [1.54, 1.807) is 11.9 Å². The zero-order valence-corrected chi connectivity index (χ0v) is 27.4. The number of ether oxygens (including phenoxy) is 3. The molecule has 1 N–H and O–H groups in total. The minimum absolute atomic E-state index is 0. The zero-order valence-electron chi connectivity index (χ0n) is 26.0. The second-order valence-corrected chi connectivity index (χ2v) is 13.5. The van der Waals surface area contributed by atoms with E-state index in [9.17, 15) is 9.59 Å². The van der Waals surface area contributed by atoms with Crippen LogP contribution in [0.4, 0.5) is 4.79 Å². The Morgan fingerprint density at radius 2 is 1.85 bits per heavy atom. The molecule has 0 aromatic rings. The minimum atomic E-state index is -0.370. The summed E-state index contributed by atoms with van der Waals surface area (Å²) in [4.78, 5) is 22.5. The average Bonchev–Trinajstić information content (AvgIpc) is 3.29. The second-order valence-electron chi connectivity index (χ2n) is 13.5.